The second-order valence-electron chi connectivity index (χ2n) is 7.36. The van der Waals surface area contributed by atoms with Gasteiger partial charge in [0.25, 0.3) is 0 Å². The van der Waals surface area contributed by atoms with E-state index in [4.69, 9.17) is 9.47 Å². The Kier molecular flexibility index (Phi) is 6.96. The van der Waals surface area contributed by atoms with Crippen LogP contribution < -0.4 is 4.74 Å². The van der Waals surface area contributed by atoms with Crippen LogP contribution in [0.5, 0.6) is 5.75 Å². The Morgan fingerprint density at radius 3 is 2.62 bits per heavy atom. The topological polar surface area (TPSA) is 38.8 Å². The van der Waals surface area contributed by atoms with Gasteiger partial charge < -0.3 is 14.4 Å². The van der Waals surface area contributed by atoms with E-state index in [2.05, 4.69) is 15.9 Å². The summed E-state index contributed by atoms with van der Waals surface area (Å²) in [6, 6.07) is 7.93. The Morgan fingerprint density at radius 2 is 2.00 bits per heavy atom. The predicted octanol–water partition coefficient (Wildman–Crippen LogP) is 5.26. The zero-order chi connectivity index (χ0) is 17.6. The highest BCUT2D eigenvalue weighted by Gasteiger charge is 2.26. The van der Waals surface area contributed by atoms with Crippen molar-refractivity contribution in [2.75, 3.05) is 19.7 Å². The zero-order valence-electron chi connectivity index (χ0n) is 14.9. The van der Waals surface area contributed by atoms with E-state index >= 15 is 0 Å². The number of nitrogens with zero attached hydrogens (tertiary/aromatic N) is 1. The van der Waals surface area contributed by atoms with Crippen molar-refractivity contribution in [2.45, 2.75) is 52.1 Å². The van der Waals surface area contributed by atoms with E-state index in [1.807, 2.05) is 49.9 Å². The van der Waals surface area contributed by atoms with Gasteiger partial charge in [-0.05, 0) is 70.6 Å². The molecular formula is C19H28BrNO3. The Labute approximate surface area is 153 Å². The third-order valence-electron chi connectivity index (χ3n) is 4.09. The van der Waals surface area contributed by atoms with Crippen molar-refractivity contribution >= 4 is 22.0 Å². The molecule has 1 aromatic carbocycles. The molecule has 0 bridgehead atoms. The molecule has 0 N–H and O–H groups in total. The Balaban J connectivity index is 1.62. The number of piperidine rings is 1. The molecule has 0 atom stereocenters. The molecule has 134 valence electrons. The molecular weight excluding hydrogens is 370 g/mol. The van der Waals surface area contributed by atoms with E-state index in [0.29, 0.717) is 5.92 Å². The summed E-state index contributed by atoms with van der Waals surface area (Å²) in [5.74, 6) is 1.58. The highest BCUT2D eigenvalue weighted by molar-refractivity contribution is 9.10. The number of halogens is 1. The van der Waals surface area contributed by atoms with Crippen LogP contribution in [0, 0.1) is 5.92 Å². The highest BCUT2D eigenvalue weighted by atomic mass is 79.9. The molecule has 5 heteroatoms. The fraction of sp³-hybridized carbons (Fsp3) is 0.632. The van der Waals surface area contributed by atoms with Crippen LogP contribution in [0.25, 0.3) is 0 Å². The Bertz CT molecular complexity index is 534. The lowest BCUT2D eigenvalue weighted by atomic mass is 9.92. The molecule has 1 saturated heterocycles. The monoisotopic (exact) mass is 397 g/mol. The number of ether oxygens (including phenoxy) is 2. The predicted molar refractivity (Wildman–Crippen MR) is 99.4 cm³/mol. The van der Waals surface area contributed by atoms with E-state index < -0.39 is 5.60 Å². The van der Waals surface area contributed by atoms with Crippen LogP contribution in [-0.4, -0.2) is 36.3 Å². The normalized spacial score (nSPS) is 16.1. The fourth-order valence-electron chi connectivity index (χ4n) is 2.85. The average molecular weight is 398 g/mol. The van der Waals surface area contributed by atoms with Crippen molar-refractivity contribution in [1.29, 1.82) is 0 Å². The summed E-state index contributed by atoms with van der Waals surface area (Å²) >= 11 is 3.45. The molecule has 24 heavy (non-hydrogen) atoms. The van der Waals surface area contributed by atoms with Crippen molar-refractivity contribution in [3.05, 3.63) is 28.7 Å². The first kappa shape index (κ1) is 19.1. The van der Waals surface area contributed by atoms with Crippen LogP contribution in [-0.2, 0) is 4.74 Å². The van der Waals surface area contributed by atoms with Gasteiger partial charge in [-0.3, -0.25) is 0 Å². The maximum absolute atomic E-state index is 12.0. The largest absolute Gasteiger partial charge is 0.494 e. The molecule has 1 fully saturated rings. The SMILES string of the molecule is CC(C)(C)OC(=O)N1CCC(CCCOc2cccc(Br)c2)CC1. The minimum atomic E-state index is -0.419. The van der Waals surface area contributed by atoms with E-state index in [1.165, 1.54) is 0 Å². The second kappa shape index (κ2) is 8.75. The van der Waals surface area contributed by atoms with Crippen LogP contribution in [0.1, 0.15) is 46.5 Å². The van der Waals surface area contributed by atoms with Gasteiger partial charge in [0.2, 0.25) is 0 Å². The first-order valence-electron chi connectivity index (χ1n) is 8.70. The minimum Gasteiger partial charge on any atom is -0.494 e. The maximum Gasteiger partial charge on any atom is 0.410 e. The molecule has 0 radical (unpaired) electrons. The molecule has 4 nitrogen and oxygen atoms in total. The van der Waals surface area contributed by atoms with E-state index in [1.54, 1.807) is 0 Å². The van der Waals surface area contributed by atoms with Gasteiger partial charge in [-0.2, -0.15) is 0 Å². The maximum atomic E-state index is 12.0. The molecule has 1 aliphatic heterocycles. The number of carbonyl (C=O) groups excluding carboxylic acids is 1. The molecule has 0 spiro atoms. The zero-order valence-corrected chi connectivity index (χ0v) is 16.5. The number of rotatable bonds is 5. The molecule has 0 saturated carbocycles. The third kappa shape index (κ3) is 6.71. The van der Waals surface area contributed by atoms with Crippen LogP contribution in [0.2, 0.25) is 0 Å². The van der Waals surface area contributed by atoms with Gasteiger partial charge in [-0.1, -0.05) is 22.0 Å². The molecule has 1 aromatic rings. The number of carbonyl (C=O) groups is 1. The summed E-state index contributed by atoms with van der Waals surface area (Å²) < 4.78 is 12.2. The summed E-state index contributed by atoms with van der Waals surface area (Å²) in [6.07, 6.45) is 4.12. The standard InChI is InChI=1S/C19H28BrNO3/c1-19(2,3)24-18(22)21-11-9-15(10-12-21)6-5-13-23-17-8-4-7-16(20)14-17/h4,7-8,14-15H,5-6,9-13H2,1-3H3. The lowest BCUT2D eigenvalue weighted by Crippen LogP contribution is -2.41. The van der Waals surface area contributed by atoms with Crippen LogP contribution in [0.15, 0.2) is 28.7 Å². The van der Waals surface area contributed by atoms with Gasteiger partial charge in [0.05, 0.1) is 6.61 Å². The van der Waals surface area contributed by atoms with Gasteiger partial charge in [-0.25, -0.2) is 4.79 Å². The number of benzene rings is 1. The van der Waals surface area contributed by atoms with Crippen LogP contribution in [0.4, 0.5) is 4.79 Å². The first-order valence-corrected chi connectivity index (χ1v) is 9.49. The van der Waals surface area contributed by atoms with Crippen molar-refractivity contribution < 1.29 is 14.3 Å². The molecule has 0 aromatic heterocycles. The Morgan fingerprint density at radius 1 is 1.29 bits per heavy atom. The van der Waals surface area contributed by atoms with Crippen molar-refractivity contribution in [3.8, 4) is 5.75 Å². The van der Waals surface area contributed by atoms with E-state index in [0.717, 1.165) is 55.6 Å². The minimum absolute atomic E-state index is 0.182. The number of amides is 1. The summed E-state index contributed by atoms with van der Waals surface area (Å²) in [5.41, 5.74) is -0.419. The van der Waals surface area contributed by atoms with Crippen molar-refractivity contribution in [2.24, 2.45) is 5.92 Å². The van der Waals surface area contributed by atoms with Gasteiger partial charge in [0.15, 0.2) is 0 Å². The fourth-order valence-corrected chi connectivity index (χ4v) is 3.23. The summed E-state index contributed by atoms with van der Waals surface area (Å²) in [7, 11) is 0. The molecule has 1 aliphatic rings. The smallest absolute Gasteiger partial charge is 0.410 e. The number of hydrogen-bond acceptors (Lipinski definition) is 3. The molecule has 1 amide bonds. The van der Waals surface area contributed by atoms with Crippen molar-refractivity contribution in [1.82, 2.24) is 4.90 Å². The van der Waals surface area contributed by atoms with Gasteiger partial charge in [-0.15, -0.1) is 0 Å². The van der Waals surface area contributed by atoms with Gasteiger partial charge >= 0.3 is 6.09 Å². The highest BCUT2D eigenvalue weighted by Crippen LogP contribution is 2.24. The average Bonchev–Trinajstić information content (AvgIpc) is 2.50. The third-order valence-corrected chi connectivity index (χ3v) is 4.58. The molecule has 1 heterocycles. The molecule has 0 unspecified atom stereocenters. The van der Waals surface area contributed by atoms with Crippen molar-refractivity contribution in [3.63, 3.8) is 0 Å². The second-order valence-corrected chi connectivity index (χ2v) is 8.27. The lowest BCUT2D eigenvalue weighted by molar-refractivity contribution is 0.0179. The quantitative estimate of drug-likeness (QED) is 0.636. The van der Waals surface area contributed by atoms with E-state index in [9.17, 15) is 4.79 Å². The van der Waals surface area contributed by atoms with Crippen LogP contribution in [0.3, 0.4) is 0 Å². The molecule has 2 rings (SSSR count). The number of hydrogen-bond donors (Lipinski definition) is 0. The summed E-state index contributed by atoms with van der Waals surface area (Å²) in [5, 5.41) is 0. The van der Waals surface area contributed by atoms with E-state index in [-0.39, 0.29) is 6.09 Å². The summed E-state index contributed by atoms with van der Waals surface area (Å²) in [4.78, 5) is 13.9. The van der Waals surface area contributed by atoms with Gasteiger partial charge in [0, 0.05) is 17.6 Å². The Hall–Kier alpha value is -1.23. The van der Waals surface area contributed by atoms with Crippen LogP contribution >= 0.6 is 15.9 Å². The molecule has 0 aliphatic carbocycles. The number of likely N-dealkylation sites (tertiary alicyclic amines) is 1. The summed E-state index contributed by atoms with van der Waals surface area (Å²) in [6.45, 7) is 8.05. The van der Waals surface area contributed by atoms with Gasteiger partial charge in [0.1, 0.15) is 11.4 Å². The first-order chi connectivity index (χ1) is 11.3. The lowest BCUT2D eigenvalue weighted by Gasteiger charge is -2.33.